The van der Waals surface area contributed by atoms with E-state index < -0.39 is 37.8 Å². The van der Waals surface area contributed by atoms with Gasteiger partial charge < -0.3 is 19.5 Å². The van der Waals surface area contributed by atoms with Crippen LogP contribution in [0.4, 0.5) is 22.0 Å². The Kier molecular flexibility index (Phi) is 7.81. The van der Waals surface area contributed by atoms with Gasteiger partial charge in [0.25, 0.3) is 5.91 Å². The highest BCUT2D eigenvalue weighted by atomic mass is 19.4. The van der Waals surface area contributed by atoms with Crippen LogP contribution in [0.25, 0.3) is 6.08 Å². The molecule has 0 saturated heterocycles. The molecule has 0 aliphatic carbocycles. The predicted octanol–water partition coefficient (Wildman–Crippen LogP) is 2.53. The summed E-state index contributed by atoms with van der Waals surface area (Å²) in [5.74, 6) is -2.31. The van der Waals surface area contributed by atoms with Crippen molar-refractivity contribution >= 4 is 18.0 Å². The zero-order chi connectivity index (χ0) is 19.7. The lowest BCUT2D eigenvalue weighted by atomic mass is 10.2. The highest BCUT2D eigenvalue weighted by Crippen LogP contribution is 2.29. The van der Waals surface area contributed by atoms with Crippen LogP contribution in [0.15, 0.2) is 24.3 Å². The number of methoxy groups -OCH3 is 1. The molecule has 0 heterocycles. The first kappa shape index (κ1) is 21.2. The van der Waals surface area contributed by atoms with Gasteiger partial charge in [0, 0.05) is 6.08 Å². The number of ether oxygens (including phenoxy) is 3. The van der Waals surface area contributed by atoms with E-state index in [9.17, 15) is 31.5 Å². The topological polar surface area (TPSA) is 73.9 Å². The lowest BCUT2D eigenvalue weighted by Crippen LogP contribution is -2.36. The van der Waals surface area contributed by atoms with Crippen LogP contribution < -0.4 is 14.8 Å². The molecule has 0 aromatic heterocycles. The minimum atomic E-state index is -4.57. The number of carbonyl (C=O) groups is 2. The van der Waals surface area contributed by atoms with Gasteiger partial charge in [0.15, 0.2) is 18.1 Å². The molecule has 0 bridgehead atoms. The Morgan fingerprint density at radius 3 is 2.50 bits per heavy atom. The fourth-order valence-corrected chi connectivity index (χ4v) is 1.58. The van der Waals surface area contributed by atoms with Gasteiger partial charge in [-0.25, -0.2) is 4.79 Å². The monoisotopic (exact) mass is 383 g/mol. The van der Waals surface area contributed by atoms with E-state index in [1.165, 1.54) is 36.7 Å². The van der Waals surface area contributed by atoms with E-state index in [1.54, 1.807) is 0 Å². The minimum Gasteiger partial charge on any atom is -0.493 e. The van der Waals surface area contributed by atoms with Crippen LogP contribution in [-0.2, 0) is 14.3 Å². The number of carbonyl (C=O) groups excluding carboxylic acids is 2. The summed E-state index contributed by atoms with van der Waals surface area (Å²) in [6.45, 7) is -5.46. The van der Waals surface area contributed by atoms with Gasteiger partial charge in [-0.15, -0.1) is 0 Å². The normalized spacial score (nSPS) is 11.5. The quantitative estimate of drug-likeness (QED) is 0.424. The second-order valence-electron chi connectivity index (χ2n) is 4.62. The molecule has 0 fully saturated rings. The maximum Gasteiger partial charge on any atom is 0.405 e. The number of amides is 1. The summed E-state index contributed by atoms with van der Waals surface area (Å²) in [5, 5.41) is 1.53. The molecule has 1 N–H and O–H groups in total. The first-order chi connectivity index (χ1) is 12.1. The number of rotatable bonds is 8. The lowest BCUT2D eigenvalue weighted by molar-refractivity contribution is -0.148. The van der Waals surface area contributed by atoms with Crippen LogP contribution >= 0.6 is 0 Å². The van der Waals surface area contributed by atoms with Crippen molar-refractivity contribution in [1.82, 2.24) is 5.32 Å². The predicted molar refractivity (Wildman–Crippen MR) is 78.7 cm³/mol. The molecule has 1 amide bonds. The zero-order valence-corrected chi connectivity index (χ0v) is 13.3. The average molecular weight is 383 g/mol. The molecule has 0 radical (unpaired) electrons. The van der Waals surface area contributed by atoms with Gasteiger partial charge >= 0.3 is 18.8 Å². The van der Waals surface area contributed by atoms with Crippen LogP contribution in [0.3, 0.4) is 0 Å². The fourth-order valence-electron chi connectivity index (χ4n) is 1.58. The number of esters is 1. The smallest absolute Gasteiger partial charge is 0.405 e. The molecule has 1 rings (SSSR count). The number of hydrogen-bond acceptors (Lipinski definition) is 5. The van der Waals surface area contributed by atoms with Crippen molar-refractivity contribution in [3.63, 3.8) is 0 Å². The Balaban J connectivity index is 2.56. The van der Waals surface area contributed by atoms with E-state index in [0.29, 0.717) is 5.56 Å². The van der Waals surface area contributed by atoms with Gasteiger partial charge in [-0.2, -0.15) is 22.0 Å². The number of benzene rings is 1. The van der Waals surface area contributed by atoms with Gasteiger partial charge in [-0.3, -0.25) is 4.79 Å². The number of halogens is 5. The minimum absolute atomic E-state index is 0.00709. The maximum absolute atomic E-state index is 12.2. The molecule has 11 heteroatoms. The summed E-state index contributed by atoms with van der Waals surface area (Å²) >= 11 is 0. The van der Waals surface area contributed by atoms with Crippen molar-refractivity contribution in [2.75, 3.05) is 20.3 Å². The molecular formula is C15H14F5NO5. The first-order valence-electron chi connectivity index (χ1n) is 6.92. The Bertz CT molecular complexity index is 660. The molecule has 0 spiro atoms. The van der Waals surface area contributed by atoms with Crippen molar-refractivity contribution in [3.8, 4) is 11.5 Å². The van der Waals surface area contributed by atoms with E-state index in [2.05, 4.69) is 9.47 Å². The fraction of sp³-hybridized carbons (Fsp3) is 0.333. The average Bonchev–Trinajstić information content (AvgIpc) is 2.56. The van der Waals surface area contributed by atoms with Gasteiger partial charge in [0.05, 0.1) is 7.11 Å². The third kappa shape index (κ3) is 8.31. The van der Waals surface area contributed by atoms with Gasteiger partial charge in [0.1, 0.15) is 6.54 Å². The highest BCUT2D eigenvalue weighted by molar-refractivity contribution is 5.89. The van der Waals surface area contributed by atoms with Crippen molar-refractivity contribution < 1.29 is 45.8 Å². The van der Waals surface area contributed by atoms with Gasteiger partial charge in [-0.05, 0) is 23.8 Å². The molecule has 0 aliphatic rings. The van der Waals surface area contributed by atoms with Crippen LogP contribution in [0.5, 0.6) is 11.5 Å². The summed E-state index contributed by atoms with van der Waals surface area (Å²) < 4.78 is 73.7. The summed E-state index contributed by atoms with van der Waals surface area (Å²) in [6, 6.07) is 3.85. The zero-order valence-electron chi connectivity index (χ0n) is 13.3. The van der Waals surface area contributed by atoms with E-state index in [4.69, 9.17) is 4.74 Å². The molecule has 6 nitrogen and oxygen atoms in total. The van der Waals surface area contributed by atoms with E-state index in [1.807, 2.05) is 0 Å². The summed E-state index contributed by atoms with van der Waals surface area (Å²) in [6.07, 6.45) is -2.44. The Labute approximate surface area is 144 Å². The number of alkyl halides is 5. The summed E-state index contributed by atoms with van der Waals surface area (Å²) in [4.78, 5) is 22.5. The lowest BCUT2D eigenvalue weighted by Gasteiger charge is -2.10. The Morgan fingerprint density at radius 1 is 1.23 bits per heavy atom. The second kappa shape index (κ2) is 9.59. The molecule has 1 aromatic rings. The molecule has 0 saturated carbocycles. The Hall–Kier alpha value is -2.85. The van der Waals surface area contributed by atoms with E-state index >= 15 is 0 Å². The van der Waals surface area contributed by atoms with Gasteiger partial charge in [-0.1, -0.05) is 6.07 Å². The van der Waals surface area contributed by atoms with Crippen molar-refractivity contribution in [2.24, 2.45) is 0 Å². The van der Waals surface area contributed by atoms with Crippen LogP contribution in [0, 0.1) is 0 Å². The number of hydrogen-bond donors (Lipinski definition) is 1. The molecule has 26 heavy (non-hydrogen) atoms. The molecule has 1 aromatic carbocycles. The standard InChI is InChI=1S/C15H14F5NO5/c1-24-11-6-9(2-4-10(11)26-14(16)17)3-5-13(23)25-7-12(22)21-8-15(18,19)20/h2-6,14H,7-8H2,1H3,(H,21,22)/b5-3+. The maximum atomic E-state index is 12.2. The van der Waals surface area contributed by atoms with Crippen molar-refractivity contribution in [1.29, 1.82) is 0 Å². The molecular weight excluding hydrogens is 369 g/mol. The SMILES string of the molecule is COc1cc(/C=C/C(=O)OCC(=O)NCC(F)(F)F)ccc1OC(F)F. The Morgan fingerprint density at radius 2 is 1.92 bits per heavy atom. The third-order valence-corrected chi connectivity index (χ3v) is 2.65. The molecule has 0 atom stereocenters. The van der Waals surface area contributed by atoms with E-state index in [0.717, 1.165) is 6.08 Å². The summed E-state index contributed by atoms with van der Waals surface area (Å²) in [5.41, 5.74) is 0.363. The molecule has 0 unspecified atom stereocenters. The number of nitrogens with one attached hydrogen (secondary N) is 1. The second-order valence-corrected chi connectivity index (χ2v) is 4.62. The van der Waals surface area contributed by atoms with Crippen molar-refractivity contribution in [3.05, 3.63) is 29.8 Å². The third-order valence-electron chi connectivity index (χ3n) is 2.65. The van der Waals surface area contributed by atoms with Crippen LogP contribution in [0.1, 0.15) is 5.56 Å². The molecule has 144 valence electrons. The highest BCUT2D eigenvalue weighted by Gasteiger charge is 2.27. The van der Waals surface area contributed by atoms with Crippen LogP contribution in [0.2, 0.25) is 0 Å². The summed E-state index contributed by atoms with van der Waals surface area (Å²) in [7, 11) is 1.23. The largest absolute Gasteiger partial charge is 0.493 e. The first-order valence-corrected chi connectivity index (χ1v) is 6.92. The molecule has 0 aliphatic heterocycles. The van der Waals surface area contributed by atoms with Crippen molar-refractivity contribution in [2.45, 2.75) is 12.8 Å². The van der Waals surface area contributed by atoms with E-state index in [-0.39, 0.29) is 11.5 Å². The van der Waals surface area contributed by atoms with Crippen LogP contribution in [-0.4, -0.2) is 44.9 Å². The van der Waals surface area contributed by atoms with Gasteiger partial charge in [0.2, 0.25) is 0 Å².